The summed E-state index contributed by atoms with van der Waals surface area (Å²) in [5.41, 5.74) is 0.835. The maximum absolute atomic E-state index is 12.0. The molecule has 0 N–H and O–H groups in total. The average molecular weight is 271 g/mol. The van der Waals surface area contributed by atoms with Gasteiger partial charge < -0.3 is 0 Å². The quantitative estimate of drug-likeness (QED) is 0.651. The van der Waals surface area contributed by atoms with Crippen molar-refractivity contribution < 1.29 is 0 Å². The molecule has 0 aliphatic rings. The van der Waals surface area contributed by atoms with Crippen LogP contribution in [-0.2, 0) is 20.6 Å². The first-order valence-electron chi connectivity index (χ1n) is 6.12. The van der Waals surface area contributed by atoms with Crippen molar-refractivity contribution in [2.45, 2.75) is 6.54 Å². The zero-order valence-electron chi connectivity index (χ0n) is 11.1. The van der Waals surface area contributed by atoms with Crippen molar-refractivity contribution in [2.24, 2.45) is 14.1 Å². The van der Waals surface area contributed by atoms with Gasteiger partial charge in [-0.3, -0.25) is 13.9 Å². The minimum Gasteiger partial charge on any atom is -0.279 e. The van der Waals surface area contributed by atoms with E-state index in [0.29, 0.717) is 12.2 Å². The van der Waals surface area contributed by atoms with Crippen LogP contribution < -0.4 is 11.2 Å². The number of hydrogen-bond acceptors (Lipinski definition) is 4. The van der Waals surface area contributed by atoms with Crippen molar-refractivity contribution in [1.29, 1.82) is 0 Å². The molecule has 0 fully saturated rings. The van der Waals surface area contributed by atoms with Gasteiger partial charge >= 0.3 is 5.69 Å². The topological polar surface area (TPSA) is 74.7 Å². The molecular weight excluding hydrogens is 258 g/mol. The first kappa shape index (κ1) is 12.3. The number of fused-ring (bicyclic) bond motifs is 1. The van der Waals surface area contributed by atoms with Gasteiger partial charge in [-0.25, -0.2) is 9.48 Å². The first-order chi connectivity index (χ1) is 9.59. The molecule has 0 aliphatic carbocycles. The lowest BCUT2D eigenvalue weighted by atomic mass is 10.2. The fourth-order valence-corrected chi connectivity index (χ4v) is 2.20. The zero-order chi connectivity index (χ0) is 14.3. The number of hydrogen-bond donors (Lipinski definition) is 0. The summed E-state index contributed by atoms with van der Waals surface area (Å²) in [7, 11) is 3.04. The first-order valence-corrected chi connectivity index (χ1v) is 6.12. The fraction of sp³-hybridized carbons (Fsp3) is 0.231. The van der Waals surface area contributed by atoms with E-state index in [1.807, 2.05) is 30.3 Å². The van der Waals surface area contributed by atoms with E-state index in [4.69, 9.17) is 0 Å². The molecule has 0 spiro atoms. The van der Waals surface area contributed by atoms with Crippen LogP contribution in [0.5, 0.6) is 0 Å². The minimum absolute atomic E-state index is 0.200. The Morgan fingerprint density at radius 2 is 1.75 bits per heavy atom. The number of rotatable bonds is 2. The summed E-state index contributed by atoms with van der Waals surface area (Å²) in [5, 5.41) is 7.89. The summed E-state index contributed by atoms with van der Waals surface area (Å²) in [6.45, 7) is 0.456. The van der Waals surface area contributed by atoms with Crippen LogP contribution in [0.1, 0.15) is 5.56 Å². The standard InChI is InChI=1S/C13H13N5O2/c1-16-11-10(12(19)17(2)13(16)20)14-15-18(11)8-9-6-4-3-5-7-9/h3-7H,8H2,1-2H3. The Bertz CT molecular complexity index is 889. The number of nitrogens with zero attached hydrogens (tertiary/aromatic N) is 5. The molecule has 0 saturated heterocycles. The van der Waals surface area contributed by atoms with Gasteiger partial charge in [0.2, 0.25) is 0 Å². The third kappa shape index (κ3) is 1.75. The average Bonchev–Trinajstić information content (AvgIpc) is 2.88. The number of aromatic nitrogens is 5. The molecule has 2 heterocycles. The summed E-state index contributed by atoms with van der Waals surface area (Å²) in [5.74, 6) is 0. The minimum atomic E-state index is -0.428. The summed E-state index contributed by atoms with van der Waals surface area (Å²) in [4.78, 5) is 24.0. The van der Waals surface area contributed by atoms with Crippen molar-refractivity contribution in [3.63, 3.8) is 0 Å². The smallest absolute Gasteiger partial charge is 0.279 e. The van der Waals surface area contributed by atoms with Crippen molar-refractivity contribution in [3.05, 3.63) is 56.7 Å². The molecule has 0 bridgehead atoms. The van der Waals surface area contributed by atoms with E-state index in [1.54, 1.807) is 11.7 Å². The van der Waals surface area contributed by atoms with Gasteiger partial charge in [-0.15, -0.1) is 5.10 Å². The van der Waals surface area contributed by atoms with Crippen LogP contribution in [0.15, 0.2) is 39.9 Å². The van der Waals surface area contributed by atoms with E-state index in [1.165, 1.54) is 11.6 Å². The van der Waals surface area contributed by atoms with Crippen LogP contribution in [0, 0.1) is 0 Å². The highest BCUT2D eigenvalue weighted by Crippen LogP contribution is 2.07. The highest BCUT2D eigenvalue weighted by Gasteiger charge is 2.15. The van der Waals surface area contributed by atoms with Gasteiger partial charge in [0, 0.05) is 14.1 Å². The Morgan fingerprint density at radius 3 is 2.45 bits per heavy atom. The predicted molar refractivity (Wildman–Crippen MR) is 73.6 cm³/mol. The number of benzene rings is 1. The molecule has 0 aliphatic heterocycles. The molecule has 0 radical (unpaired) electrons. The summed E-state index contributed by atoms with van der Waals surface area (Å²) < 4.78 is 3.98. The van der Waals surface area contributed by atoms with Crippen molar-refractivity contribution in [1.82, 2.24) is 24.1 Å². The Balaban J connectivity index is 2.24. The maximum Gasteiger partial charge on any atom is 0.332 e. The highest BCUT2D eigenvalue weighted by molar-refractivity contribution is 5.68. The zero-order valence-corrected chi connectivity index (χ0v) is 11.1. The van der Waals surface area contributed by atoms with E-state index in [0.717, 1.165) is 10.1 Å². The second kappa shape index (κ2) is 4.44. The SMILES string of the molecule is Cn1c(=O)c2nnn(Cc3ccccc3)c2n(C)c1=O. The van der Waals surface area contributed by atoms with Gasteiger partial charge in [0.25, 0.3) is 5.56 Å². The Hall–Kier alpha value is -2.70. The molecule has 0 amide bonds. The molecule has 7 heteroatoms. The molecule has 102 valence electrons. The third-order valence-electron chi connectivity index (χ3n) is 3.28. The molecule has 20 heavy (non-hydrogen) atoms. The van der Waals surface area contributed by atoms with Gasteiger partial charge in [-0.1, -0.05) is 35.5 Å². The normalized spacial score (nSPS) is 11.1. The lowest BCUT2D eigenvalue weighted by Crippen LogP contribution is -2.37. The van der Waals surface area contributed by atoms with Gasteiger partial charge in [0.1, 0.15) is 0 Å². The molecule has 0 saturated carbocycles. The van der Waals surface area contributed by atoms with Gasteiger partial charge in [-0.2, -0.15) is 0 Å². The van der Waals surface area contributed by atoms with Crippen LogP contribution in [0.25, 0.3) is 11.2 Å². The molecule has 1 aromatic carbocycles. The summed E-state index contributed by atoms with van der Waals surface area (Å²) in [6, 6.07) is 9.67. The van der Waals surface area contributed by atoms with Crippen LogP contribution in [-0.4, -0.2) is 24.1 Å². The lowest BCUT2D eigenvalue weighted by molar-refractivity contribution is 0.637. The molecular formula is C13H13N5O2. The third-order valence-corrected chi connectivity index (χ3v) is 3.28. The van der Waals surface area contributed by atoms with E-state index in [-0.39, 0.29) is 11.2 Å². The van der Waals surface area contributed by atoms with Crippen LogP contribution in [0.4, 0.5) is 0 Å². The van der Waals surface area contributed by atoms with E-state index in [9.17, 15) is 9.59 Å². The second-order valence-corrected chi connectivity index (χ2v) is 4.61. The monoisotopic (exact) mass is 271 g/mol. The molecule has 0 atom stereocenters. The molecule has 0 unspecified atom stereocenters. The Morgan fingerprint density at radius 1 is 1.05 bits per heavy atom. The van der Waals surface area contributed by atoms with Gasteiger partial charge in [-0.05, 0) is 5.56 Å². The van der Waals surface area contributed by atoms with Crippen molar-refractivity contribution >= 4 is 11.2 Å². The van der Waals surface area contributed by atoms with Crippen LogP contribution in [0.2, 0.25) is 0 Å². The summed E-state index contributed by atoms with van der Waals surface area (Å²) in [6.07, 6.45) is 0. The molecule has 3 rings (SSSR count). The molecule has 3 aromatic rings. The van der Waals surface area contributed by atoms with Crippen LogP contribution >= 0.6 is 0 Å². The van der Waals surface area contributed by atoms with Crippen molar-refractivity contribution in [3.8, 4) is 0 Å². The van der Waals surface area contributed by atoms with E-state index in [2.05, 4.69) is 10.3 Å². The lowest BCUT2D eigenvalue weighted by Gasteiger charge is -2.06. The van der Waals surface area contributed by atoms with Gasteiger partial charge in [0.05, 0.1) is 6.54 Å². The molecule has 7 nitrogen and oxygen atoms in total. The predicted octanol–water partition coefficient (Wildman–Crippen LogP) is -0.123. The number of aryl methyl sites for hydroxylation is 1. The fourth-order valence-electron chi connectivity index (χ4n) is 2.20. The van der Waals surface area contributed by atoms with E-state index >= 15 is 0 Å². The Kier molecular flexibility index (Phi) is 2.74. The highest BCUT2D eigenvalue weighted by atomic mass is 16.2. The summed E-state index contributed by atoms with van der Waals surface area (Å²) >= 11 is 0. The van der Waals surface area contributed by atoms with Gasteiger partial charge in [0.15, 0.2) is 11.2 Å². The van der Waals surface area contributed by atoms with E-state index < -0.39 is 5.56 Å². The maximum atomic E-state index is 12.0. The Labute approximate surface area is 113 Å². The second-order valence-electron chi connectivity index (χ2n) is 4.61. The largest absolute Gasteiger partial charge is 0.332 e. The molecule has 2 aromatic heterocycles. The van der Waals surface area contributed by atoms with Crippen LogP contribution in [0.3, 0.4) is 0 Å². The van der Waals surface area contributed by atoms with Crippen molar-refractivity contribution in [2.75, 3.05) is 0 Å².